The van der Waals surface area contributed by atoms with Gasteiger partial charge in [-0.15, -0.1) is 0 Å². The summed E-state index contributed by atoms with van der Waals surface area (Å²) in [5.74, 6) is -1.03. The van der Waals surface area contributed by atoms with Crippen molar-refractivity contribution in [3.8, 4) is 0 Å². The summed E-state index contributed by atoms with van der Waals surface area (Å²) >= 11 is 5.16. The average molecular weight is 491 g/mol. The lowest BCUT2D eigenvalue weighted by atomic mass is 10.2. The van der Waals surface area contributed by atoms with Gasteiger partial charge in [-0.1, -0.05) is 22.0 Å². The minimum Gasteiger partial charge on any atom is -0.350 e. The van der Waals surface area contributed by atoms with E-state index in [1.807, 2.05) is 28.7 Å². The molecule has 23 heavy (non-hydrogen) atoms. The van der Waals surface area contributed by atoms with Crippen LogP contribution >= 0.6 is 38.5 Å². The number of carbonyl (C=O) groups excluding carboxylic acids is 2. The molecule has 0 spiro atoms. The Morgan fingerprint density at radius 1 is 1.00 bits per heavy atom. The van der Waals surface area contributed by atoms with Crippen molar-refractivity contribution in [3.05, 3.63) is 67.5 Å². The molecule has 0 saturated heterocycles. The molecule has 0 radical (unpaired) electrons. The van der Waals surface area contributed by atoms with Gasteiger partial charge >= 0.3 is 0 Å². The molecule has 2 amide bonds. The summed E-state index contributed by atoms with van der Waals surface area (Å²) in [6, 6.07) is 11.3. The highest BCUT2D eigenvalue weighted by Gasteiger charge is 2.09. The lowest BCUT2D eigenvalue weighted by Gasteiger charge is -2.08. The lowest BCUT2D eigenvalue weighted by Crippen LogP contribution is -2.34. The van der Waals surface area contributed by atoms with Crippen molar-refractivity contribution in [1.29, 1.82) is 0 Å². The molecule has 0 unspecified atom stereocenters. The van der Waals surface area contributed by atoms with Crippen LogP contribution in [0.4, 0.5) is 4.39 Å². The molecule has 4 nitrogen and oxygen atoms in total. The topological polar surface area (TPSA) is 58.2 Å². The molecule has 2 aromatic rings. The molecule has 2 N–H and O–H groups in total. The third kappa shape index (κ3) is 5.28. The van der Waals surface area contributed by atoms with Crippen LogP contribution in [0.2, 0.25) is 0 Å². The molecule has 0 atom stereocenters. The van der Waals surface area contributed by atoms with Crippen molar-refractivity contribution in [2.45, 2.75) is 0 Å². The summed E-state index contributed by atoms with van der Waals surface area (Å²) in [7, 11) is 0. The van der Waals surface area contributed by atoms with Gasteiger partial charge in [0.15, 0.2) is 0 Å². The van der Waals surface area contributed by atoms with E-state index in [9.17, 15) is 14.0 Å². The van der Waals surface area contributed by atoms with Crippen LogP contribution in [0.1, 0.15) is 20.7 Å². The standard InChI is InChI=1S/C16H13BrFIN2O2/c17-12-3-1-2-10(8-12)15(22)20-6-7-21-16(23)11-4-5-14(19)13(18)9-11/h1-5,8-9H,6-7H2,(H,20,22)(H,21,23). The van der Waals surface area contributed by atoms with Gasteiger partial charge in [0.1, 0.15) is 5.82 Å². The van der Waals surface area contributed by atoms with E-state index < -0.39 is 5.82 Å². The Labute approximate surface area is 155 Å². The monoisotopic (exact) mass is 490 g/mol. The van der Waals surface area contributed by atoms with Crippen LogP contribution < -0.4 is 10.6 Å². The zero-order valence-electron chi connectivity index (χ0n) is 11.9. The van der Waals surface area contributed by atoms with Gasteiger partial charge < -0.3 is 10.6 Å². The van der Waals surface area contributed by atoms with Crippen molar-refractivity contribution in [1.82, 2.24) is 10.6 Å². The zero-order valence-corrected chi connectivity index (χ0v) is 15.6. The van der Waals surface area contributed by atoms with E-state index in [-0.39, 0.29) is 30.5 Å². The van der Waals surface area contributed by atoms with Crippen LogP contribution in [0, 0.1) is 9.39 Å². The molecule has 0 fully saturated rings. The summed E-state index contributed by atoms with van der Waals surface area (Å²) in [4.78, 5) is 23.8. The van der Waals surface area contributed by atoms with Crippen LogP contribution in [0.3, 0.4) is 0 Å². The Hall–Kier alpha value is -1.48. The van der Waals surface area contributed by atoms with Crippen molar-refractivity contribution in [2.24, 2.45) is 0 Å². The molecule has 2 rings (SSSR count). The SMILES string of the molecule is O=C(NCCNC(=O)c1ccc(I)c(F)c1)c1cccc(Br)c1. The maximum atomic E-state index is 13.4. The van der Waals surface area contributed by atoms with Gasteiger partial charge in [-0.05, 0) is 59.0 Å². The van der Waals surface area contributed by atoms with Crippen molar-refractivity contribution in [3.63, 3.8) is 0 Å². The molecule has 0 aliphatic heterocycles. The Morgan fingerprint density at radius 3 is 2.17 bits per heavy atom. The number of amides is 2. The van der Waals surface area contributed by atoms with Crippen molar-refractivity contribution in [2.75, 3.05) is 13.1 Å². The van der Waals surface area contributed by atoms with Crippen LogP contribution in [0.25, 0.3) is 0 Å². The molecule has 120 valence electrons. The second kappa shape index (κ2) is 8.39. The molecule has 0 heterocycles. The van der Waals surface area contributed by atoms with E-state index in [4.69, 9.17) is 0 Å². The van der Waals surface area contributed by atoms with E-state index in [0.717, 1.165) is 4.47 Å². The Morgan fingerprint density at radius 2 is 1.61 bits per heavy atom. The van der Waals surface area contributed by atoms with Gasteiger partial charge in [-0.3, -0.25) is 9.59 Å². The molecule has 0 aromatic heterocycles. The van der Waals surface area contributed by atoms with Crippen LogP contribution in [-0.2, 0) is 0 Å². The largest absolute Gasteiger partial charge is 0.350 e. The van der Waals surface area contributed by atoms with Gasteiger partial charge in [0.05, 0.1) is 0 Å². The number of halogens is 3. The zero-order chi connectivity index (χ0) is 16.8. The van der Waals surface area contributed by atoms with Crippen LogP contribution in [0.5, 0.6) is 0 Å². The quantitative estimate of drug-likeness (QED) is 0.499. The fourth-order valence-corrected chi connectivity index (χ4v) is 2.56. The molecule has 7 heteroatoms. The minimum absolute atomic E-state index is 0.221. The molecule has 0 bridgehead atoms. The first-order chi connectivity index (χ1) is 11.0. The highest BCUT2D eigenvalue weighted by molar-refractivity contribution is 14.1. The number of rotatable bonds is 5. The highest BCUT2D eigenvalue weighted by atomic mass is 127. The normalized spacial score (nSPS) is 10.2. The Kier molecular flexibility index (Phi) is 6.52. The molecule has 2 aromatic carbocycles. The van der Waals surface area contributed by atoms with E-state index >= 15 is 0 Å². The number of hydrogen-bond acceptors (Lipinski definition) is 2. The molecule has 0 aliphatic rings. The summed E-state index contributed by atoms with van der Waals surface area (Å²) in [6.07, 6.45) is 0. The van der Waals surface area contributed by atoms with Gasteiger partial charge in [-0.2, -0.15) is 0 Å². The average Bonchev–Trinajstić information content (AvgIpc) is 2.53. The Bertz CT molecular complexity index is 740. The fraction of sp³-hybridized carbons (Fsp3) is 0.125. The van der Waals surface area contributed by atoms with Gasteiger partial charge in [0.2, 0.25) is 0 Å². The van der Waals surface area contributed by atoms with Gasteiger partial charge in [-0.25, -0.2) is 4.39 Å². The van der Waals surface area contributed by atoms with Crippen molar-refractivity contribution >= 4 is 50.3 Å². The second-order valence-corrected chi connectivity index (χ2v) is 6.73. The maximum absolute atomic E-state index is 13.4. The summed E-state index contributed by atoms with van der Waals surface area (Å²) < 4.78 is 14.7. The third-order valence-electron chi connectivity index (χ3n) is 2.96. The van der Waals surface area contributed by atoms with Crippen LogP contribution in [-0.4, -0.2) is 24.9 Å². The summed E-state index contributed by atoms with van der Waals surface area (Å²) in [5, 5.41) is 5.34. The van der Waals surface area contributed by atoms with E-state index in [0.29, 0.717) is 9.13 Å². The Balaban J connectivity index is 1.79. The predicted octanol–water partition coefficient (Wildman–Crippen LogP) is 3.35. The minimum atomic E-state index is -0.429. The van der Waals surface area contributed by atoms with Gasteiger partial charge in [0, 0.05) is 32.3 Å². The maximum Gasteiger partial charge on any atom is 0.251 e. The lowest BCUT2D eigenvalue weighted by molar-refractivity contribution is 0.0927. The highest BCUT2D eigenvalue weighted by Crippen LogP contribution is 2.12. The first-order valence-electron chi connectivity index (χ1n) is 6.74. The van der Waals surface area contributed by atoms with Crippen molar-refractivity contribution < 1.29 is 14.0 Å². The third-order valence-corrected chi connectivity index (χ3v) is 4.33. The van der Waals surface area contributed by atoms with E-state index in [1.165, 1.54) is 6.07 Å². The smallest absolute Gasteiger partial charge is 0.251 e. The number of hydrogen-bond donors (Lipinski definition) is 2. The molecular weight excluding hydrogens is 478 g/mol. The first kappa shape index (κ1) is 17.9. The van der Waals surface area contributed by atoms with Crippen LogP contribution in [0.15, 0.2) is 46.9 Å². The fourth-order valence-electron chi connectivity index (χ4n) is 1.82. The van der Waals surface area contributed by atoms with E-state index in [2.05, 4.69) is 26.6 Å². The summed E-state index contributed by atoms with van der Waals surface area (Å²) in [6.45, 7) is 0.538. The molecule has 0 saturated carbocycles. The predicted molar refractivity (Wildman–Crippen MR) is 97.9 cm³/mol. The summed E-state index contributed by atoms with van der Waals surface area (Å²) in [5.41, 5.74) is 0.784. The van der Waals surface area contributed by atoms with Gasteiger partial charge in [0.25, 0.3) is 11.8 Å². The number of nitrogens with one attached hydrogen (secondary N) is 2. The van der Waals surface area contributed by atoms with E-state index in [1.54, 1.807) is 30.3 Å². The molecular formula is C16H13BrFIN2O2. The first-order valence-corrected chi connectivity index (χ1v) is 8.61. The number of benzene rings is 2. The number of carbonyl (C=O) groups is 2. The molecule has 0 aliphatic carbocycles. The second-order valence-electron chi connectivity index (χ2n) is 4.65.